The predicted octanol–water partition coefficient (Wildman–Crippen LogP) is 3.94. The number of halogens is 1. The summed E-state index contributed by atoms with van der Waals surface area (Å²) in [5, 5.41) is 0. The fourth-order valence-corrected chi connectivity index (χ4v) is 3.18. The quantitative estimate of drug-likeness (QED) is 0.907. The molecule has 1 aromatic carbocycles. The lowest BCUT2D eigenvalue weighted by atomic mass is 9.94. The summed E-state index contributed by atoms with van der Waals surface area (Å²) < 4.78 is 27.3. The molecular formula is C13H20BrNO2S. The van der Waals surface area contributed by atoms with Crippen LogP contribution >= 0.6 is 15.9 Å². The van der Waals surface area contributed by atoms with Crippen molar-refractivity contribution in [1.29, 1.82) is 0 Å². The Hall–Kier alpha value is -0.550. The van der Waals surface area contributed by atoms with Crippen LogP contribution in [0, 0.1) is 12.3 Å². The molecule has 18 heavy (non-hydrogen) atoms. The van der Waals surface area contributed by atoms with E-state index in [9.17, 15) is 8.42 Å². The molecule has 1 N–H and O–H groups in total. The molecule has 5 heteroatoms. The first-order valence-corrected chi connectivity index (χ1v) is 8.30. The summed E-state index contributed by atoms with van der Waals surface area (Å²) in [6.07, 6.45) is 0.634. The van der Waals surface area contributed by atoms with Crippen LogP contribution in [0.1, 0.15) is 32.8 Å². The van der Waals surface area contributed by atoms with E-state index in [2.05, 4.69) is 20.7 Å². The van der Waals surface area contributed by atoms with Crippen LogP contribution in [-0.2, 0) is 10.0 Å². The van der Waals surface area contributed by atoms with E-state index in [1.165, 1.54) is 0 Å². The van der Waals surface area contributed by atoms with Crippen molar-refractivity contribution in [2.75, 3.05) is 10.5 Å². The number of nitrogens with one attached hydrogen (secondary N) is 1. The van der Waals surface area contributed by atoms with Gasteiger partial charge in [-0.05, 0) is 36.5 Å². The van der Waals surface area contributed by atoms with Gasteiger partial charge in [-0.15, -0.1) is 0 Å². The van der Waals surface area contributed by atoms with E-state index in [0.29, 0.717) is 12.1 Å². The smallest absolute Gasteiger partial charge is 0.232 e. The van der Waals surface area contributed by atoms with Gasteiger partial charge in [0.05, 0.1) is 5.75 Å². The second-order valence-electron chi connectivity index (χ2n) is 5.70. The molecule has 0 aliphatic heterocycles. The molecule has 0 aliphatic carbocycles. The Morgan fingerprint density at radius 3 is 2.39 bits per heavy atom. The molecule has 3 nitrogen and oxygen atoms in total. The predicted molar refractivity (Wildman–Crippen MR) is 80.4 cm³/mol. The molecule has 102 valence electrons. The highest BCUT2D eigenvalue weighted by Gasteiger charge is 2.17. The second kappa shape index (κ2) is 5.61. The van der Waals surface area contributed by atoms with Crippen LogP contribution in [0.4, 0.5) is 5.69 Å². The van der Waals surface area contributed by atoms with Gasteiger partial charge >= 0.3 is 0 Å². The van der Waals surface area contributed by atoms with Crippen molar-refractivity contribution < 1.29 is 8.42 Å². The van der Waals surface area contributed by atoms with Crippen LogP contribution in [0.25, 0.3) is 0 Å². The van der Waals surface area contributed by atoms with Gasteiger partial charge in [-0.2, -0.15) is 0 Å². The van der Waals surface area contributed by atoms with Crippen LogP contribution in [0.2, 0.25) is 0 Å². The summed E-state index contributed by atoms with van der Waals surface area (Å²) in [6.45, 7) is 8.06. The van der Waals surface area contributed by atoms with Crippen molar-refractivity contribution in [2.45, 2.75) is 34.1 Å². The van der Waals surface area contributed by atoms with Gasteiger partial charge in [0.2, 0.25) is 10.0 Å². The standard InChI is InChI=1S/C13H20BrNO2S/c1-10-5-6-11(9-12(10)14)15-18(16,17)8-7-13(2,3)4/h5-6,9,15H,7-8H2,1-4H3. The molecule has 0 amide bonds. The molecule has 1 aromatic rings. The Morgan fingerprint density at radius 1 is 1.28 bits per heavy atom. The van der Waals surface area contributed by atoms with Crippen molar-refractivity contribution in [2.24, 2.45) is 5.41 Å². The van der Waals surface area contributed by atoms with Crippen molar-refractivity contribution in [3.05, 3.63) is 28.2 Å². The van der Waals surface area contributed by atoms with Crippen LogP contribution in [0.3, 0.4) is 0 Å². The van der Waals surface area contributed by atoms with Crippen molar-refractivity contribution in [3.63, 3.8) is 0 Å². The number of aryl methyl sites for hydroxylation is 1. The maximum absolute atomic E-state index is 11.9. The maximum Gasteiger partial charge on any atom is 0.232 e. The molecule has 0 aromatic heterocycles. The molecule has 0 bridgehead atoms. The lowest BCUT2D eigenvalue weighted by molar-refractivity contribution is 0.397. The first kappa shape index (κ1) is 15.5. The third kappa shape index (κ3) is 5.40. The summed E-state index contributed by atoms with van der Waals surface area (Å²) >= 11 is 3.39. The van der Waals surface area contributed by atoms with Crippen LogP contribution in [0.15, 0.2) is 22.7 Å². The van der Waals surface area contributed by atoms with E-state index in [1.807, 2.05) is 33.8 Å². The average Bonchev–Trinajstić information content (AvgIpc) is 2.20. The van der Waals surface area contributed by atoms with Gasteiger partial charge in [0.25, 0.3) is 0 Å². The third-order valence-corrected chi connectivity index (χ3v) is 4.71. The zero-order chi connectivity index (χ0) is 14.0. The van der Waals surface area contributed by atoms with E-state index < -0.39 is 10.0 Å². The highest BCUT2D eigenvalue weighted by atomic mass is 79.9. The monoisotopic (exact) mass is 333 g/mol. The highest BCUT2D eigenvalue weighted by Crippen LogP contribution is 2.23. The summed E-state index contributed by atoms with van der Waals surface area (Å²) in [5.74, 6) is 0.141. The Bertz CT molecular complexity index is 518. The Labute approximate surface area is 118 Å². The van der Waals surface area contributed by atoms with Gasteiger partial charge in [0.15, 0.2) is 0 Å². The zero-order valence-corrected chi connectivity index (χ0v) is 13.7. The molecule has 0 spiro atoms. The average molecular weight is 334 g/mol. The van der Waals surface area contributed by atoms with Gasteiger partial charge < -0.3 is 0 Å². The number of hydrogen-bond donors (Lipinski definition) is 1. The Kier molecular flexibility index (Phi) is 4.84. The lowest BCUT2D eigenvalue weighted by Crippen LogP contribution is -2.20. The van der Waals surface area contributed by atoms with E-state index in [-0.39, 0.29) is 11.2 Å². The minimum absolute atomic E-state index is 0.0165. The second-order valence-corrected chi connectivity index (χ2v) is 8.39. The van der Waals surface area contributed by atoms with Gasteiger partial charge in [-0.25, -0.2) is 8.42 Å². The van der Waals surface area contributed by atoms with Crippen molar-refractivity contribution in [1.82, 2.24) is 0 Å². The number of benzene rings is 1. The van der Waals surface area contributed by atoms with Crippen LogP contribution in [0.5, 0.6) is 0 Å². The maximum atomic E-state index is 11.9. The summed E-state index contributed by atoms with van der Waals surface area (Å²) in [4.78, 5) is 0. The summed E-state index contributed by atoms with van der Waals surface area (Å²) in [7, 11) is -3.27. The number of rotatable bonds is 4. The highest BCUT2D eigenvalue weighted by molar-refractivity contribution is 9.10. The Morgan fingerprint density at radius 2 is 1.89 bits per heavy atom. The Balaban J connectivity index is 2.74. The molecule has 0 fully saturated rings. The topological polar surface area (TPSA) is 46.2 Å². The van der Waals surface area contributed by atoms with E-state index in [1.54, 1.807) is 12.1 Å². The van der Waals surface area contributed by atoms with E-state index >= 15 is 0 Å². The van der Waals surface area contributed by atoms with Crippen molar-refractivity contribution in [3.8, 4) is 0 Å². The van der Waals surface area contributed by atoms with Crippen molar-refractivity contribution >= 4 is 31.6 Å². The molecule has 0 saturated heterocycles. The molecule has 0 saturated carbocycles. The SMILES string of the molecule is Cc1ccc(NS(=O)(=O)CCC(C)(C)C)cc1Br. The number of anilines is 1. The fourth-order valence-electron chi connectivity index (χ4n) is 1.33. The zero-order valence-electron chi connectivity index (χ0n) is 11.2. The number of sulfonamides is 1. The van der Waals surface area contributed by atoms with E-state index in [0.717, 1.165) is 10.0 Å². The first-order valence-electron chi connectivity index (χ1n) is 5.86. The van der Waals surface area contributed by atoms with Gasteiger partial charge in [-0.1, -0.05) is 42.8 Å². The summed E-state index contributed by atoms with van der Waals surface area (Å²) in [6, 6.07) is 5.43. The minimum Gasteiger partial charge on any atom is -0.284 e. The fraction of sp³-hybridized carbons (Fsp3) is 0.538. The molecule has 0 atom stereocenters. The summed E-state index contributed by atoms with van der Waals surface area (Å²) in [5.41, 5.74) is 1.69. The van der Waals surface area contributed by atoms with Gasteiger partial charge in [0.1, 0.15) is 0 Å². The third-order valence-electron chi connectivity index (χ3n) is 2.57. The molecule has 0 heterocycles. The van der Waals surface area contributed by atoms with Crippen LogP contribution < -0.4 is 4.72 Å². The van der Waals surface area contributed by atoms with Gasteiger partial charge in [0, 0.05) is 10.2 Å². The molecular weight excluding hydrogens is 314 g/mol. The normalized spacial score (nSPS) is 12.5. The molecule has 0 radical (unpaired) electrons. The molecule has 0 unspecified atom stereocenters. The molecule has 0 aliphatic rings. The van der Waals surface area contributed by atoms with E-state index in [4.69, 9.17) is 0 Å². The van der Waals surface area contributed by atoms with Crippen LogP contribution in [-0.4, -0.2) is 14.2 Å². The largest absolute Gasteiger partial charge is 0.284 e. The molecule has 1 rings (SSSR count). The lowest BCUT2D eigenvalue weighted by Gasteiger charge is -2.18. The van der Waals surface area contributed by atoms with Gasteiger partial charge in [-0.3, -0.25) is 4.72 Å². The first-order chi connectivity index (χ1) is 8.09. The minimum atomic E-state index is -3.27. The number of hydrogen-bond acceptors (Lipinski definition) is 2.